The van der Waals surface area contributed by atoms with Gasteiger partial charge in [-0.25, -0.2) is 0 Å². The molecular weight excluding hydrogens is 270 g/mol. The first kappa shape index (κ1) is 14.9. The van der Waals surface area contributed by atoms with Gasteiger partial charge in [0.05, 0.1) is 6.04 Å². The maximum Gasteiger partial charge on any atom is 0.191 e. The third-order valence-electron chi connectivity index (χ3n) is 4.39. The second-order valence-electron chi connectivity index (χ2n) is 6.20. The minimum Gasteiger partial charge on any atom is -0.356 e. The molecular formula is C19H25N3. The fourth-order valence-electron chi connectivity index (χ4n) is 2.76. The number of nitrogens with zero attached hydrogens (tertiary/aromatic N) is 1. The number of aliphatic imine (C=N–C) groups is 1. The summed E-state index contributed by atoms with van der Waals surface area (Å²) in [5.74, 6) is 1.84. The van der Waals surface area contributed by atoms with E-state index in [2.05, 4.69) is 65.0 Å². The summed E-state index contributed by atoms with van der Waals surface area (Å²) in [6.07, 6.45) is 4.06. The summed E-state index contributed by atoms with van der Waals surface area (Å²) in [5.41, 5.74) is 1.28. The second-order valence-corrected chi connectivity index (χ2v) is 6.20. The summed E-state index contributed by atoms with van der Waals surface area (Å²) in [5, 5.41) is 9.46. The van der Waals surface area contributed by atoms with E-state index in [4.69, 9.17) is 0 Å². The average Bonchev–Trinajstić information content (AvgIpc) is 3.37. The molecule has 22 heavy (non-hydrogen) atoms. The van der Waals surface area contributed by atoms with Crippen molar-refractivity contribution >= 4 is 16.7 Å². The molecule has 0 heterocycles. The molecule has 3 nitrogen and oxygen atoms in total. The summed E-state index contributed by atoms with van der Waals surface area (Å²) in [4.78, 5) is 4.33. The van der Waals surface area contributed by atoms with Gasteiger partial charge in [-0.2, -0.15) is 0 Å². The SMILES string of the molecule is CN=C(NCCC1CC1)NC(C)c1ccc2ccccc2c1. The Balaban J connectivity index is 1.61. The van der Waals surface area contributed by atoms with Crippen molar-refractivity contribution in [2.24, 2.45) is 10.9 Å². The summed E-state index contributed by atoms with van der Waals surface area (Å²) in [7, 11) is 1.83. The van der Waals surface area contributed by atoms with Crippen LogP contribution in [0.3, 0.4) is 0 Å². The van der Waals surface area contributed by atoms with Gasteiger partial charge in [0.15, 0.2) is 5.96 Å². The molecule has 0 amide bonds. The van der Waals surface area contributed by atoms with Gasteiger partial charge in [0.2, 0.25) is 0 Å². The first-order chi connectivity index (χ1) is 10.8. The molecule has 3 rings (SSSR count). The van der Waals surface area contributed by atoms with Gasteiger partial charge < -0.3 is 10.6 Å². The Labute approximate surface area is 132 Å². The van der Waals surface area contributed by atoms with Gasteiger partial charge >= 0.3 is 0 Å². The molecule has 0 saturated heterocycles. The molecule has 1 unspecified atom stereocenters. The lowest BCUT2D eigenvalue weighted by Crippen LogP contribution is -2.39. The number of rotatable bonds is 5. The van der Waals surface area contributed by atoms with Crippen LogP contribution in [-0.2, 0) is 0 Å². The quantitative estimate of drug-likeness (QED) is 0.649. The van der Waals surface area contributed by atoms with E-state index in [1.54, 1.807) is 0 Å². The van der Waals surface area contributed by atoms with E-state index < -0.39 is 0 Å². The number of benzene rings is 2. The molecule has 1 aliphatic rings. The monoisotopic (exact) mass is 295 g/mol. The van der Waals surface area contributed by atoms with Crippen molar-refractivity contribution in [3.63, 3.8) is 0 Å². The lowest BCUT2D eigenvalue weighted by Gasteiger charge is -2.18. The van der Waals surface area contributed by atoms with Gasteiger partial charge in [-0.05, 0) is 41.7 Å². The van der Waals surface area contributed by atoms with Crippen LogP contribution in [0.4, 0.5) is 0 Å². The zero-order chi connectivity index (χ0) is 15.4. The summed E-state index contributed by atoms with van der Waals surface area (Å²) < 4.78 is 0. The van der Waals surface area contributed by atoms with Crippen molar-refractivity contribution in [3.8, 4) is 0 Å². The van der Waals surface area contributed by atoms with Gasteiger partial charge in [0.1, 0.15) is 0 Å². The van der Waals surface area contributed by atoms with Crippen LogP contribution in [-0.4, -0.2) is 19.6 Å². The second kappa shape index (κ2) is 6.82. The Morgan fingerprint density at radius 2 is 1.95 bits per heavy atom. The largest absolute Gasteiger partial charge is 0.356 e. The summed E-state index contributed by atoms with van der Waals surface area (Å²) in [6, 6.07) is 15.3. The standard InChI is InChI=1S/C19H25N3/c1-14(22-19(20-2)21-12-11-15-7-8-15)17-10-9-16-5-3-4-6-18(16)13-17/h3-6,9-10,13-15H,7-8,11-12H2,1-2H3,(H2,20,21,22). The van der Waals surface area contributed by atoms with Crippen LogP contribution in [0.1, 0.15) is 37.8 Å². The molecule has 116 valence electrons. The molecule has 2 N–H and O–H groups in total. The highest BCUT2D eigenvalue weighted by atomic mass is 15.2. The van der Waals surface area contributed by atoms with Crippen molar-refractivity contribution in [3.05, 3.63) is 48.0 Å². The highest BCUT2D eigenvalue weighted by Crippen LogP contribution is 2.31. The van der Waals surface area contributed by atoms with E-state index in [0.717, 1.165) is 18.4 Å². The summed E-state index contributed by atoms with van der Waals surface area (Å²) >= 11 is 0. The smallest absolute Gasteiger partial charge is 0.191 e. The third kappa shape index (κ3) is 3.79. The average molecular weight is 295 g/mol. The number of hydrogen-bond acceptors (Lipinski definition) is 1. The lowest BCUT2D eigenvalue weighted by atomic mass is 10.0. The minimum absolute atomic E-state index is 0.233. The Hall–Kier alpha value is -2.03. The van der Waals surface area contributed by atoms with Gasteiger partial charge in [-0.15, -0.1) is 0 Å². The van der Waals surface area contributed by atoms with E-state index in [0.29, 0.717) is 0 Å². The number of fused-ring (bicyclic) bond motifs is 1. The molecule has 3 heteroatoms. The molecule has 0 bridgehead atoms. The fourth-order valence-corrected chi connectivity index (χ4v) is 2.76. The Kier molecular flexibility index (Phi) is 4.62. The van der Waals surface area contributed by atoms with E-state index in [1.165, 1.54) is 35.6 Å². The molecule has 0 spiro atoms. The molecule has 0 aromatic heterocycles. The van der Waals surface area contributed by atoms with E-state index in [9.17, 15) is 0 Å². The molecule has 2 aromatic rings. The Morgan fingerprint density at radius 3 is 2.68 bits per heavy atom. The molecule has 0 radical (unpaired) electrons. The van der Waals surface area contributed by atoms with Gasteiger partial charge in [-0.1, -0.05) is 49.2 Å². The van der Waals surface area contributed by atoms with Crippen LogP contribution in [0.5, 0.6) is 0 Å². The molecule has 1 aliphatic carbocycles. The fraction of sp³-hybridized carbons (Fsp3) is 0.421. The topological polar surface area (TPSA) is 36.4 Å². The number of hydrogen-bond donors (Lipinski definition) is 2. The Bertz CT molecular complexity index is 659. The van der Waals surface area contributed by atoms with E-state index in [1.807, 2.05) is 7.05 Å². The first-order valence-corrected chi connectivity index (χ1v) is 8.22. The van der Waals surface area contributed by atoms with Crippen LogP contribution >= 0.6 is 0 Å². The molecule has 1 fully saturated rings. The number of nitrogens with one attached hydrogen (secondary N) is 2. The summed E-state index contributed by atoms with van der Waals surface area (Å²) in [6.45, 7) is 3.19. The van der Waals surface area contributed by atoms with Gasteiger partial charge in [0, 0.05) is 13.6 Å². The maximum atomic E-state index is 4.33. The van der Waals surface area contributed by atoms with Crippen molar-refractivity contribution in [2.75, 3.05) is 13.6 Å². The first-order valence-electron chi connectivity index (χ1n) is 8.22. The van der Waals surface area contributed by atoms with Crippen molar-refractivity contribution < 1.29 is 0 Å². The molecule has 2 aromatic carbocycles. The van der Waals surface area contributed by atoms with Crippen LogP contribution in [0, 0.1) is 5.92 Å². The minimum atomic E-state index is 0.233. The van der Waals surface area contributed by atoms with E-state index in [-0.39, 0.29) is 6.04 Å². The third-order valence-corrected chi connectivity index (χ3v) is 4.39. The van der Waals surface area contributed by atoms with Crippen molar-refractivity contribution in [1.82, 2.24) is 10.6 Å². The van der Waals surface area contributed by atoms with Crippen LogP contribution in [0.25, 0.3) is 10.8 Å². The van der Waals surface area contributed by atoms with Gasteiger partial charge in [0.25, 0.3) is 0 Å². The highest BCUT2D eigenvalue weighted by molar-refractivity contribution is 5.84. The van der Waals surface area contributed by atoms with Crippen LogP contribution in [0.2, 0.25) is 0 Å². The molecule has 1 atom stereocenters. The maximum absolute atomic E-state index is 4.33. The van der Waals surface area contributed by atoms with Crippen molar-refractivity contribution in [2.45, 2.75) is 32.2 Å². The van der Waals surface area contributed by atoms with Crippen LogP contribution in [0.15, 0.2) is 47.5 Å². The Morgan fingerprint density at radius 1 is 1.18 bits per heavy atom. The number of guanidine groups is 1. The molecule has 1 saturated carbocycles. The van der Waals surface area contributed by atoms with Crippen molar-refractivity contribution in [1.29, 1.82) is 0 Å². The molecule has 0 aliphatic heterocycles. The van der Waals surface area contributed by atoms with E-state index >= 15 is 0 Å². The zero-order valence-corrected chi connectivity index (χ0v) is 13.5. The predicted molar refractivity (Wildman–Crippen MR) is 94.2 cm³/mol. The highest BCUT2D eigenvalue weighted by Gasteiger charge is 2.20. The predicted octanol–water partition coefficient (Wildman–Crippen LogP) is 3.87. The normalized spacial score (nSPS) is 16.5. The van der Waals surface area contributed by atoms with Gasteiger partial charge in [-0.3, -0.25) is 4.99 Å². The van der Waals surface area contributed by atoms with Crippen LogP contribution < -0.4 is 10.6 Å². The lowest BCUT2D eigenvalue weighted by molar-refractivity contribution is 0.654. The zero-order valence-electron chi connectivity index (χ0n) is 13.5.